The van der Waals surface area contributed by atoms with Crippen LogP contribution in [0.2, 0.25) is 0 Å². The highest BCUT2D eigenvalue weighted by Gasteiger charge is 2.45. The van der Waals surface area contributed by atoms with Gasteiger partial charge in [-0.3, -0.25) is 0 Å². The van der Waals surface area contributed by atoms with Crippen LogP contribution in [-0.2, 0) is 5.41 Å². The highest BCUT2D eigenvalue weighted by atomic mass is 19.1. The quantitative estimate of drug-likeness (QED) is 0.803. The minimum atomic E-state index is -0.0562. The van der Waals surface area contributed by atoms with Gasteiger partial charge in [0.05, 0.1) is 0 Å². The molecule has 2 unspecified atom stereocenters. The van der Waals surface area contributed by atoms with Crippen molar-refractivity contribution in [3.8, 4) is 0 Å². The van der Waals surface area contributed by atoms with Gasteiger partial charge in [-0.05, 0) is 37.4 Å². The van der Waals surface area contributed by atoms with Crippen LogP contribution in [0.25, 0.3) is 0 Å². The van der Waals surface area contributed by atoms with Crippen LogP contribution in [0.1, 0.15) is 25.3 Å². The van der Waals surface area contributed by atoms with E-state index >= 15 is 0 Å². The Balaban J connectivity index is 2.37. The van der Waals surface area contributed by atoms with Crippen molar-refractivity contribution in [2.24, 2.45) is 5.92 Å². The zero-order chi connectivity index (χ0) is 10.9. The monoisotopic (exact) mass is 207 g/mol. The van der Waals surface area contributed by atoms with Gasteiger partial charge >= 0.3 is 0 Å². The highest BCUT2D eigenvalue weighted by Crippen LogP contribution is 2.48. The molecular weight excluding hydrogens is 189 g/mol. The second-order valence-corrected chi connectivity index (χ2v) is 4.61. The third kappa shape index (κ3) is 1.57. The van der Waals surface area contributed by atoms with E-state index in [1.807, 2.05) is 19.2 Å². The Morgan fingerprint density at radius 2 is 2.20 bits per heavy atom. The van der Waals surface area contributed by atoms with E-state index in [1.54, 1.807) is 12.1 Å². The van der Waals surface area contributed by atoms with E-state index in [-0.39, 0.29) is 11.2 Å². The molecule has 1 aromatic carbocycles. The summed E-state index contributed by atoms with van der Waals surface area (Å²) in [6, 6.07) is 7.19. The van der Waals surface area contributed by atoms with Gasteiger partial charge in [0, 0.05) is 12.0 Å². The molecule has 1 N–H and O–H groups in total. The van der Waals surface area contributed by atoms with Gasteiger partial charge in [0.2, 0.25) is 0 Å². The van der Waals surface area contributed by atoms with E-state index in [4.69, 9.17) is 0 Å². The molecule has 0 amide bonds. The summed E-state index contributed by atoms with van der Waals surface area (Å²) in [6.07, 6.45) is 2.30. The summed E-state index contributed by atoms with van der Waals surface area (Å²) in [6.45, 7) is 3.09. The normalized spacial score (nSPS) is 29.9. The van der Waals surface area contributed by atoms with Gasteiger partial charge in [-0.15, -0.1) is 0 Å². The third-order valence-electron chi connectivity index (χ3n) is 3.87. The lowest BCUT2D eigenvalue weighted by Gasteiger charge is -2.49. The van der Waals surface area contributed by atoms with Crippen LogP contribution in [0.15, 0.2) is 24.3 Å². The number of rotatable bonds is 3. The number of nitrogens with one attached hydrogen (secondary N) is 1. The van der Waals surface area contributed by atoms with Crippen LogP contribution in [0, 0.1) is 11.7 Å². The first-order valence-corrected chi connectivity index (χ1v) is 5.60. The molecule has 0 radical (unpaired) electrons. The Labute approximate surface area is 90.7 Å². The molecule has 0 saturated heterocycles. The van der Waals surface area contributed by atoms with Crippen molar-refractivity contribution in [3.05, 3.63) is 35.6 Å². The van der Waals surface area contributed by atoms with Crippen LogP contribution in [-0.4, -0.2) is 13.6 Å². The molecule has 82 valence electrons. The van der Waals surface area contributed by atoms with Crippen molar-refractivity contribution < 1.29 is 4.39 Å². The topological polar surface area (TPSA) is 12.0 Å². The third-order valence-corrected chi connectivity index (χ3v) is 3.87. The second kappa shape index (κ2) is 3.93. The van der Waals surface area contributed by atoms with Crippen LogP contribution in [0.3, 0.4) is 0 Å². The van der Waals surface area contributed by atoms with Gasteiger partial charge in [-0.25, -0.2) is 4.39 Å². The molecule has 0 aromatic heterocycles. The van der Waals surface area contributed by atoms with Gasteiger partial charge in [0.1, 0.15) is 5.82 Å². The number of halogens is 1. The first kappa shape index (κ1) is 10.6. The number of hydrogen-bond donors (Lipinski definition) is 1. The van der Waals surface area contributed by atoms with Gasteiger partial charge in [-0.2, -0.15) is 0 Å². The maximum Gasteiger partial charge on any atom is 0.127 e. The SMILES string of the molecule is CNCC1(c2ccccc2F)CCC1C. The van der Waals surface area contributed by atoms with Gasteiger partial charge in [0.25, 0.3) is 0 Å². The maximum atomic E-state index is 13.8. The Bertz CT molecular complexity index is 350. The lowest BCUT2D eigenvalue weighted by Crippen LogP contribution is -2.50. The molecular formula is C13H18FN. The van der Waals surface area contributed by atoms with Gasteiger partial charge in [-0.1, -0.05) is 25.1 Å². The lowest BCUT2D eigenvalue weighted by molar-refractivity contribution is 0.132. The van der Waals surface area contributed by atoms with Crippen molar-refractivity contribution in [3.63, 3.8) is 0 Å². The molecule has 1 fully saturated rings. The fourth-order valence-corrected chi connectivity index (χ4v) is 2.72. The molecule has 1 aliphatic carbocycles. The fourth-order valence-electron chi connectivity index (χ4n) is 2.72. The zero-order valence-corrected chi connectivity index (χ0v) is 9.39. The molecule has 0 aliphatic heterocycles. The average molecular weight is 207 g/mol. The molecule has 1 aromatic rings. The van der Waals surface area contributed by atoms with Crippen molar-refractivity contribution >= 4 is 0 Å². The molecule has 2 heteroatoms. The van der Waals surface area contributed by atoms with Gasteiger partial charge in [0.15, 0.2) is 0 Å². The molecule has 15 heavy (non-hydrogen) atoms. The first-order chi connectivity index (χ1) is 7.20. The smallest absolute Gasteiger partial charge is 0.127 e. The minimum Gasteiger partial charge on any atom is -0.319 e. The standard InChI is InChI=1S/C13H18FN/c1-10-7-8-13(10,9-15-2)11-5-3-4-6-12(11)14/h3-6,10,15H,7-9H2,1-2H3. The summed E-state index contributed by atoms with van der Waals surface area (Å²) in [7, 11) is 1.94. The summed E-state index contributed by atoms with van der Waals surface area (Å²) < 4.78 is 13.8. The molecule has 0 bridgehead atoms. The van der Waals surface area contributed by atoms with Crippen molar-refractivity contribution in [1.29, 1.82) is 0 Å². The predicted molar refractivity (Wildman–Crippen MR) is 60.4 cm³/mol. The Morgan fingerprint density at radius 3 is 2.67 bits per heavy atom. The van der Waals surface area contributed by atoms with Crippen molar-refractivity contribution in [2.45, 2.75) is 25.2 Å². The molecule has 0 heterocycles. The van der Waals surface area contributed by atoms with Crippen LogP contribution in [0.5, 0.6) is 0 Å². The molecule has 1 aliphatic rings. The molecule has 0 spiro atoms. The van der Waals surface area contributed by atoms with E-state index < -0.39 is 0 Å². The maximum absolute atomic E-state index is 13.8. The molecule has 2 atom stereocenters. The van der Waals surface area contributed by atoms with E-state index in [9.17, 15) is 4.39 Å². The van der Waals surface area contributed by atoms with Crippen LogP contribution >= 0.6 is 0 Å². The lowest BCUT2D eigenvalue weighted by atomic mass is 9.57. The fraction of sp³-hybridized carbons (Fsp3) is 0.538. The van der Waals surface area contributed by atoms with Crippen molar-refractivity contribution in [2.75, 3.05) is 13.6 Å². The largest absolute Gasteiger partial charge is 0.319 e. The highest BCUT2D eigenvalue weighted by molar-refractivity contribution is 5.31. The Morgan fingerprint density at radius 1 is 1.47 bits per heavy atom. The molecule has 2 rings (SSSR count). The summed E-state index contributed by atoms with van der Waals surface area (Å²) in [4.78, 5) is 0. The predicted octanol–water partition coefficient (Wildman–Crippen LogP) is 2.71. The molecule has 1 nitrogen and oxygen atoms in total. The van der Waals surface area contributed by atoms with Gasteiger partial charge < -0.3 is 5.32 Å². The summed E-state index contributed by atoms with van der Waals surface area (Å²) >= 11 is 0. The number of hydrogen-bond acceptors (Lipinski definition) is 1. The Hall–Kier alpha value is -0.890. The molecule has 1 saturated carbocycles. The summed E-state index contributed by atoms with van der Waals surface area (Å²) in [5.41, 5.74) is 0.915. The zero-order valence-electron chi connectivity index (χ0n) is 9.39. The average Bonchev–Trinajstić information content (AvgIpc) is 2.25. The first-order valence-electron chi connectivity index (χ1n) is 5.60. The van der Waals surface area contributed by atoms with E-state index in [0.29, 0.717) is 5.92 Å². The van der Waals surface area contributed by atoms with E-state index in [1.165, 1.54) is 6.42 Å². The van der Waals surface area contributed by atoms with Crippen LogP contribution in [0.4, 0.5) is 4.39 Å². The van der Waals surface area contributed by atoms with E-state index in [2.05, 4.69) is 12.2 Å². The van der Waals surface area contributed by atoms with Crippen LogP contribution < -0.4 is 5.32 Å². The number of likely N-dealkylation sites (N-methyl/N-ethyl adjacent to an activating group) is 1. The number of benzene rings is 1. The Kier molecular flexibility index (Phi) is 2.79. The second-order valence-electron chi connectivity index (χ2n) is 4.61. The van der Waals surface area contributed by atoms with Crippen molar-refractivity contribution in [1.82, 2.24) is 5.32 Å². The summed E-state index contributed by atoms with van der Waals surface area (Å²) in [5, 5.41) is 3.20. The van der Waals surface area contributed by atoms with E-state index in [0.717, 1.165) is 18.5 Å². The minimum absolute atomic E-state index is 0.0279. The summed E-state index contributed by atoms with van der Waals surface area (Å²) in [5.74, 6) is 0.515.